The fourth-order valence-electron chi connectivity index (χ4n) is 7.51. The number of aromatic nitrogens is 1. The van der Waals surface area contributed by atoms with Gasteiger partial charge in [-0.2, -0.15) is 0 Å². The Kier molecular flexibility index (Phi) is 17.5. The molecule has 1 aliphatic rings. The highest BCUT2D eigenvalue weighted by Crippen LogP contribution is 2.31. The third-order valence-electron chi connectivity index (χ3n) is 10.7. The lowest BCUT2D eigenvalue weighted by atomic mass is 10.1. The molecule has 1 aromatic heterocycles. The summed E-state index contributed by atoms with van der Waals surface area (Å²) in [5.74, 6) is -0.910. The topological polar surface area (TPSA) is 140 Å². The Hall–Kier alpha value is -5.24. The van der Waals surface area contributed by atoms with Gasteiger partial charge in [-0.15, -0.1) is 0 Å². The van der Waals surface area contributed by atoms with Gasteiger partial charge in [0.15, 0.2) is 0 Å². The zero-order valence-corrected chi connectivity index (χ0v) is 36.0. The summed E-state index contributed by atoms with van der Waals surface area (Å²) in [6.45, 7) is 12.2. The highest BCUT2D eigenvalue weighted by Gasteiger charge is 2.27. The van der Waals surface area contributed by atoms with Crippen molar-refractivity contribution in [3.05, 3.63) is 100 Å². The number of rotatable bonds is 21. The lowest BCUT2D eigenvalue weighted by Gasteiger charge is -2.34. The Balaban J connectivity index is 1.02. The molecule has 0 bridgehead atoms. The number of hydrogen-bond acceptors (Lipinski definition) is 10. The lowest BCUT2D eigenvalue weighted by Crippen LogP contribution is -2.49. The van der Waals surface area contributed by atoms with Gasteiger partial charge in [-0.3, -0.25) is 33.4 Å². The fraction of sp³-hybridized carbons (Fsp3) is 0.457. The number of benzene rings is 3. The van der Waals surface area contributed by atoms with E-state index in [1.54, 1.807) is 71.2 Å². The highest BCUT2D eigenvalue weighted by atomic mass is 35.5. The first-order valence-corrected chi connectivity index (χ1v) is 21.3. The van der Waals surface area contributed by atoms with Crippen LogP contribution >= 0.6 is 11.6 Å². The molecule has 1 unspecified atom stereocenters. The molecule has 2 heterocycles. The van der Waals surface area contributed by atoms with Crippen LogP contribution in [0.15, 0.2) is 72.8 Å². The van der Waals surface area contributed by atoms with Gasteiger partial charge in [0.1, 0.15) is 18.4 Å². The minimum Gasteiger partial charge on any atom is -0.497 e. The number of halogens is 1. The van der Waals surface area contributed by atoms with Gasteiger partial charge in [-0.25, -0.2) is 0 Å². The molecule has 322 valence electrons. The van der Waals surface area contributed by atoms with Crippen LogP contribution in [-0.2, 0) is 30.3 Å². The molecule has 1 aliphatic heterocycles. The molecule has 3 aromatic carbocycles. The molecular weight excluding hydrogens is 786 g/mol. The van der Waals surface area contributed by atoms with Gasteiger partial charge in [0.2, 0.25) is 5.91 Å². The van der Waals surface area contributed by atoms with Gasteiger partial charge in [0, 0.05) is 86.0 Å². The summed E-state index contributed by atoms with van der Waals surface area (Å²) in [4.78, 5) is 72.3. The van der Waals surface area contributed by atoms with E-state index in [1.807, 2.05) is 39.0 Å². The molecule has 14 heteroatoms. The summed E-state index contributed by atoms with van der Waals surface area (Å²) in [6, 6.07) is 20.1. The van der Waals surface area contributed by atoms with E-state index in [1.165, 1.54) is 0 Å². The molecule has 1 fully saturated rings. The molecule has 0 spiro atoms. The summed E-state index contributed by atoms with van der Waals surface area (Å²) >= 11 is 6.05. The molecule has 4 aromatic rings. The second-order valence-corrected chi connectivity index (χ2v) is 15.4. The standard InChI is InChI=1S/C46H58ClN5O8/c1-5-21-51(22-6-2)46(57)40(48-44(55)34-11-8-7-9-12-34)18-20-42(53)60-30-28-50-26-24-49(25-27-50)23-10-29-59-43(54)32-38-33(3)52(41-19-17-37(58-4)31-39(38)41)45(56)35-13-15-36(47)16-14-35/h7-9,11-17,19,31,40H,5-6,10,18,20-30,32H2,1-4H3,(H,48,55). The first kappa shape index (κ1) is 45.8. The molecule has 0 saturated carbocycles. The maximum atomic E-state index is 13.6. The molecular formula is C46H58ClN5O8. The minimum absolute atomic E-state index is 0.0115. The molecule has 5 rings (SSSR count). The summed E-state index contributed by atoms with van der Waals surface area (Å²) in [6.07, 6.45) is 2.44. The minimum atomic E-state index is -0.833. The van der Waals surface area contributed by atoms with E-state index < -0.39 is 12.0 Å². The monoisotopic (exact) mass is 843 g/mol. The molecule has 0 aliphatic carbocycles. The predicted molar refractivity (Wildman–Crippen MR) is 232 cm³/mol. The number of carbonyl (C=O) groups is 5. The summed E-state index contributed by atoms with van der Waals surface area (Å²) < 4.78 is 18.3. The predicted octanol–water partition coefficient (Wildman–Crippen LogP) is 6.16. The Morgan fingerprint density at radius 2 is 1.45 bits per heavy atom. The summed E-state index contributed by atoms with van der Waals surface area (Å²) in [7, 11) is 1.58. The van der Waals surface area contributed by atoms with Crippen molar-refractivity contribution in [1.29, 1.82) is 0 Å². The zero-order chi connectivity index (χ0) is 43.0. The fourth-order valence-corrected chi connectivity index (χ4v) is 7.63. The number of piperazine rings is 1. The maximum Gasteiger partial charge on any atom is 0.310 e. The number of nitrogens with one attached hydrogen (secondary N) is 1. The van der Waals surface area contributed by atoms with Gasteiger partial charge in [0.05, 0.1) is 25.7 Å². The van der Waals surface area contributed by atoms with Crippen LogP contribution in [0.4, 0.5) is 0 Å². The van der Waals surface area contributed by atoms with Crippen molar-refractivity contribution in [1.82, 2.24) is 24.6 Å². The van der Waals surface area contributed by atoms with Crippen molar-refractivity contribution >= 4 is 52.2 Å². The number of methoxy groups -OCH3 is 1. The third-order valence-corrected chi connectivity index (χ3v) is 11.0. The highest BCUT2D eigenvalue weighted by molar-refractivity contribution is 6.30. The number of ether oxygens (including phenoxy) is 3. The molecule has 1 atom stereocenters. The van der Waals surface area contributed by atoms with Gasteiger partial charge in [0.25, 0.3) is 11.8 Å². The first-order valence-electron chi connectivity index (χ1n) is 20.9. The number of hydrogen-bond donors (Lipinski definition) is 1. The summed E-state index contributed by atoms with van der Waals surface area (Å²) in [5.41, 5.74) is 2.99. The van der Waals surface area contributed by atoms with E-state index in [4.69, 9.17) is 25.8 Å². The van der Waals surface area contributed by atoms with Gasteiger partial charge < -0.3 is 29.3 Å². The Morgan fingerprint density at radius 1 is 0.800 bits per heavy atom. The Labute approximate surface area is 357 Å². The van der Waals surface area contributed by atoms with Crippen LogP contribution in [0.25, 0.3) is 10.9 Å². The van der Waals surface area contributed by atoms with Crippen molar-refractivity contribution in [2.45, 2.75) is 65.3 Å². The quantitative estimate of drug-likeness (QED) is 0.0767. The second kappa shape index (κ2) is 22.9. The Bertz CT molecular complexity index is 2060. The van der Waals surface area contributed by atoms with Gasteiger partial charge >= 0.3 is 11.9 Å². The average molecular weight is 844 g/mol. The normalized spacial score (nSPS) is 13.8. The number of carbonyl (C=O) groups excluding carboxylic acids is 5. The Morgan fingerprint density at radius 3 is 2.10 bits per heavy atom. The van der Waals surface area contributed by atoms with Crippen LogP contribution < -0.4 is 10.1 Å². The van der Waals surface area contributed by atoms with Crippen molar-refractivity contribution in [2.75, 3.05) is 72.7 Å². The lowest BCUT2D eigenvalue weighted by molar-refractivity contribution is -0.145. The number of nitrogens with zero attached hydrogens (tertiary/aromatic N) is 4. The van der Waals surface area contributed by atoms with Crippen LogP contribution in [-0.4, -0.2) is 128 Å². The second-order valence-electron chi connectivity index (χ2n) is 15.0. The molecule has 13 nitrogen and oxygen atoms in total. The van der Waals surface area contributed by atoms with Crippen LogP contribution in [0.5, 0.6) is 5.75 Å². The van der Waals surface area contributed by atoms with Crippen LogP contribution in [0.3, 0.4) is 0 Å². The molecule has 1 saturated heterocycles. The molecule has 1 N–H and O–H groups in total. The van der Waals surface area contributed by atoms with E-state index in [0.717, 1.165) is 51.0 Å². The van der Waals surface area contributed by atoms with E-state index in [9.17, 15) is 24.0 Å². The van der Waals surface area contributed by atoms with Crippen molar-refractivity contribution in [2.24, 2.45) is 0 Å². The maximum absolute atomic E-state index is 13.6. The van der Waals surface area contributed by atoms with E-state index in [2.05, 4.69) is 15.1 Å². The third kappa shape index (κ3) is 12.6. The van der Waals surface area contributed by atoms with Crippen molar-refractivity contribution in [3.63, 3.8) is 0 Å². The van der Waals surface area contributed by atoms with Gasteiger partial charge in [-0.1, -0.05) is 43.6 Å². The van der Waals surface area contributed by atoms with Crippen molar-refractivity contribution < 1.29 is 38.2 Å². The molecule has 60 heavy (non-hydrogen) atoms. The van der Waals surface area contributed by atoms with E-state index in [-0.39, 0.29) is 56.2 Å². The first-order chi connectivity index (χ1) is 29.0. The molecule has 2 amide bonds. The number of amides is 2. The van der Waals surface area contributed by atoms with Crippen LogP contribution in [0, 0.1) is 6.92 Å². The molecule has 0 radical (unpaired) electrons. The van der Waals surface area contributed by atoms with Crippen LogP contribution in [0.1, 0.15) is 77.9 Å². The van der Waals surface area contributed by atoms with Crippen molar-refractivity contribution in [3.8, 4) is 5.75 Å². The number of fused-ring (bicyclic) bond motifs is 1. The summed E-state index contributed by atoms with van der Waals surface area (Å²) in [5, 5.41) is 4.15. The number of esters is 2. The van der Waals surface area contributed by atoms with Crippen LogP contribution in [0.2, 0.25) is 5.02 Å². The smallest absolute Gasteiger partial charge is 0.310 e. The van der Waals surface area contributed by atoms with E-state index >= 15 is 0 Å². The van der Waals surface area contributed by atoms with Gasteiger partial charge in [-0.05, 0) is 92.8 Å². The average Bonchev–Trinajstić information content (AvgIpc) is 3.53. The largest absolute Gasteiger partial charge is 0.497 e. The zero-order valence-electron chi connectivity index (χ0n) is 35.3. The van der Waals surface area contributed by atoms with E-state index in [0.29, 0.717) is 64.7 Å². The SMILES string of the molecule is CCCN(CCC)C(=O)C(CCC(=O)OCCN1CCN(CCCOC(=O)Cc2c(C)n(C(=O)c3ccc(Cl)cc3)c3ccc(OC)cc23)CC1)NC(=O)c1ccccc1.